The van der Waals surface area contributed by atoms with Crippen molar-refractivity contribution in [3.63, 3.8) is 0 Å². The highest BCUT2D eigenvalue weighted by molar-refractivity contribution is 7.17. The molecule has 6 heteroatoms. The van der Waals surface area contributed by atoms with Gasteiger partial charge >= 0.3 is 0 Å². The van der Waals surface area contributed by atoms with E-state index >= 15 is 0 Å². The molecule has 0 aromatic carbocycles. The monoisotopic (exact) mass is 310 g/mol. The first-order chi connectivity index (χ1) is 9.82. The predicted molar refractivity (Wildman–Crippen MR) is 80.6 cm³/mol. The summed E-state index contributed by atoms with van der Waals surface area (Å²) < 4.78 is 19.5. The van der Waals surface area contributed by atoms with Crippen LogP contribution in [0, 0.1) is 11.2 Å². The molecule has 4 nitrogen and oxygen atoms in total. The van der Waals surface area contributed by atoms with E-state index in [0.29, 0.717) is 18.5 Å². The van der Waals surface area contributed by atoms with Crippen LogP contribution in [0.4, 0.5) is 4.39 Å². The van der Waals surface area contributed by atoms with Gasteiger partial charge in [-0.25, -0.2) is 4.39 Å². The zero-order chi connectivity index (χ0) is 15.4. The average Bonchev–Trinajstić information content (AvgIpc) is 2.77. The minimum Gasteiger partial charge on any atom is -0.485 e. The molecular formula is C15H20FN2O2P. The van der Waals surface area contributed by atoms with E-state index < -0.39 is 11.2 Å². The number of carbonyl (C=O) groups excluding carboxylic acids is 1. The maximum absolute atomic E-state index is 13.8. The smallest absolute Gasteiger partial charge is 0.229 e. The molecule has 2 bridgehead atoms. The van der Waals surface area contributed by atoms with Crippen molar-refractivity contribution in [3.8, 4) is 5.75 Å². The molecule has 1 saturated heterocycles. The van der Waals surface area contributed by atoms with Crippen molar-refractivity contribution in [2.75, 3.05) is 6.54 Å². The van der Waals surface area contributed by atoms with Crippen molar-refractivity contribution in [1.29, 1.82) is 0 Å². The highest BCUT2D eigenvalue weighted by atomic mass is 31.0. The molecule has 0 aliphatic carbocycles. The Hall–Kier alpha value is -1.22. The maximum atomic E-state index is 13.8. The van der Waals surface area contributed by atoms with Gasteiger partial charge in [0, 0.05) is 23.6 Å². The molecule has 2 unspecified atom stereocenters. The van der Waals surface area contributed by atoms with Crippen LogP contribution in [-0.2, 0) is 4.79 Å². The topological polar surface area (TPSA) is 42.4 Å². The molecule has 2 aliphatic heterocycles. The molecule has 0 radical (unpaired) electrons. The van der Waals surface area contributed by atoms with Gasteiger partial charge in [0.05, 0.1) is 18.8 Å². The second-order valence-corrected chi connectivity index (χ2v) is 7.50. The van der Waals surface area contributed by atoms with Crippen molar-refractivity contribution in [1.82, 2.24) is 9.88 Å². The summed E-state index contributed by atoms with van der Waals surface area (Å²) in [4.78, 5) is 18.6. The first-order valence-electron chi connectivity index (χ1n) is 7.19. The lowest BCUT2D eigenvalue weighted by Crippen LogP contribution is -2.44. The van der Waals surface area contributed by atoms with Crippen molar-refractivity contribution in [2.45, 2.75) is 45.0 Å². The first-order valence-corrected chi connectivity index (χ1v) is 7.85. The third kappa shape index (κ3) is 2.22. The highest BCUT2D eigenvalue weighted by Gasteiger charge is 2.47. The lowest BCUT2D eigenvalue weighted by atomic mass is 9.87. The Kier molecular flexibility index (Phi) is 3.44. The number of likely N-dealkylation sites (tertiary alicyclic amines) is 1. The van der Waals surface area contributed by atoms with Crippen LogP contribution in [0.25, 0.3) is 0 Å². The van der Waals surface area contributed by atoms with E-state index in [4.69, 9.17) is 4.74 Å². The Balaban J connectivity index is 1.96. The average molecular weight is 310 g/mol. The third-order valence-electron chi connectivity index (χ3n) is 4.74. The Morgan fingerprint density at radius 3 is 2.95 bits per heavy atom. The van der Waals surface area contributed by atoms with E-state index in [9.17, 15) is 9.18 Å². The predicted octanol–water partition coefficient (Wildman–Crippen LogP) is 2.54. The molecule has 0 saturated carbocycles. The summed E-state index contributed by atoms with van der Waals surface area (Å²) in [5.41, 5.74) is 0.351. The second-order valence-electron chi connectivity index (χ2n) is 6.50. The molecule has 114 valence electrons. The van der Waals surface area contributed by atoms with Crippen LogP contribution in [0.3, 0.4) is 0 Å². The van der Waals surface area contributed by atoms with Crippen molar-refractivity contribution >= 4 is 15.1 Å². The molecule has 1 amide bonds. The van der Waals surface area contributed by atoms with Gasteiger partial charge < -0.3 is 9.64 Å². The number of pyridine rings is 1. The van der Waals surface area contributed by atoms with Crippen LogP contribution < -0.4 is 4.74 Å². The van der Waals surface area contributed by atoms with E-state index in [1.807, 2.05) is 25.7 Å². The number of hydrogen-bond donors (Lipinski definition) is 0. The van der Waals surface area contributed by atoms with E-state index in [1.54, 1.807) is 6.20 Å². The first kappa shape index (κ1) is 14.7. The van der Waals surface area contributed by atoms with Crippen LogP contribution in [0.15, 0.2) is 12.4 Å². The molecule has 4 atom stereocenters. The van der Waals surface area contributed by atoms with Crippen LogP contribution in [-0.4, -0.2) is 34.1 Å². The number of hydrogen-bond acceptors (Lipinski definition) is 3. The zero-order valence-electron chi connectivity index (χ0n) is 12.5. The molecule has 1 aromatic rings. The van der Waals surface area contributed by atoms with E-state index in [1.165, 1.54) is 0 Å². The maximum Gasteiger partial charge on any atom is 0.229 e. The molecule has 3 rings (SSSR count). The number of amides is 1. The second kappa shape index (κ2) is 4.91. The standard InChI is InChI=1S/C15H20FN2O2P/c1-8(21)15(2,3)14(19)18-7-9-4-12(18)10-5-17-6-11(16)13(10)20-9/h5-6,8-9,12H,4,7,21H2,1-3H3/t8?,9-,12-/m0/s1. The Labute approximate surface area is 126 Å². The summed E-state index contributed by atoms with van der Waals surface area (Å²) >= 11 is 0. The van der Waals surface area contributed by atoms with Crippen LogP contribution in [0.1, 0.15) is 38.8 Å². The zero-order valence-corrected chi connectivity index (χ0v) is 13.6. The van der Waals surface area contributed by atoms with Gasteiger partial charge in [0.2, 0.25) is 5.91 Å². The summed E-state index contributed by atoms with van der Waals surface area (Å²) in [6.07, 6.45) is 3.36. The SMILES string of the molecule is CC(P)C(C)(C)C(=O)N1C[C@@H]2C[C@H]1c1cncc(F)c1O2. The van der Waals surface area contributed by atoms with E-state index in [0.717, 1.165) is 6.20 Å². The van der Waals surface area contributed by atoms with Gasteiger partial charge in [-0.2, -0.15) is 0 Å². The molecule has 0 N–H and O–H groups in total. The Morgan fingerprint density at radius 1 is 1.57 bits per heavy atom. The molecule has 1 fully saturated rings. The number of ether oxygens (including phenoxy) is 1. The van der Waals surface area contributed by atoms with Crippen LogP contribution in [0.5, 0.6) is 5.75 Å². The summed E-state index contributed by atoms with van der Waals surface area (Å²) in [6.45, 7) is 6.41. The van der Waals surface area contributed by atoms with E-state index in [-0.39, 0.29) is 29.5 Å². The van der Waals surface area contributed by atoms with Gasteiger partial charge in [0.25, 0.3) is 0 Å². The minimum absolute atomic E-state index is 0.0817. The molecule has 2 aliphatic rings. The van der Waals surface area contributed by atoms with Gasteiger partial charge in [-0.15, -0.1) is 9.24 Å². The van der Waals surface area contributed by atoms with Gasteiger partial charge in [-0.3, -0.25) is 9.78 Å². The fourth-order valence-electron chi connectivity index (χ4n) is 2.93. The number of fused-ring (bicyclic) bond motifs is 4. The fraction of sp³-hybridized carbons (Fsp3) is 0.600. The third-order valence-corrected chi connectivity index (χ3v) is 5.57. The fourth-order valence-corrected chi connectivity index (χ4v) is 3.08. The minimum atomic E-state index is -0.483. The van der Waals surface area contributed by atoms with Gasteiger partial charge in [0.15, 0.2) is 11.6 Å². The molecule has 0 spiro atoms. The van der Waals surface area contributed by atoms with Crippen molar-refractivity contribution in [3.05, 3.63) is 23.8 Å². The quantitative estimate of drug-likeness (QED) is 0.788. The summed E-state index contributed by atoms with van der Waals surface area (Å²) in [5, 5.41) is 0. The van der Waals surface area contributed by atoms with Gasteiger partial charge in [0.1, 0.15) is 6.10 Å². The lowest BCUT2D eigenvalue weighted by molar-refractivity contribution is -0.141. The van der Waals surface area contributed by atoms with Crippen LogP contribution >= 0.6 is 9.24 Å². The lowest BCUT2D eigenvalue weighted by Gasteiger charge is -2.35. The Morgan fingerprint density at radius 2 is 2.29 bits per heavy atom. The van der Waals surface area contributed by atoms with Crippen LogP contribution in [0.2, 0.25) is 0 Å². The van der Waals surface area contributed by atoms with Crippen molar-refractivity contribution < 1.29 is 13.9 Å². The number of aromatic nitrogens is 1. The number of rotatable bonds is 2. The normalized spacial score (nSPS) is 25.3. The molecule has 1 aromatic heterocycles. The number of nitrogens with zero attached hydrogens (tertiary/aromatic N) is 2. The Bertz CT molecular complexity index is 591. The summed E-state index contributed by atoms with van der Waals surface area (Å²) in [5.74, 6) is -0.105. The molecule has 21 heavy (non-hydrogen) atoms. The van der Waals surface area contributed by atoms with E-state index in [2.05, 4.69) is 14.2 Å². The highest BCUT2D eigenvalue weighted by Crippen LogP contribution is 2.46. The number of halogens is 1. The molecule has 3 heterocycles. The number of carbonyl (C=O) groups is 1. The summed E-state index contributed by atoms with van der Waals surface area (Å²) in [7, 11) is 2.70. The van der Waals surface area contributed by atoms with Gasteiger partial charge in [-0.05, 0) is 5.66 Å². The van der Waals surface area contributed by atoms with Gasteiger partial charge in [-0.1, -0.05) is 20.8 Å². The summed E-state index contributed by atoms with van der Waals surface area (Å²) in [6, 6.07) is -0.127. The largest absolute Gasteiger partial charge is 0.485 e. The molecular weight excluding hydrogens is 290 g/mol. The van der Waals surface area contributed by atoms with Crippen molar-refractivity contribution in [2.24, 2.45) is 5.41 Å².